The van der Waals surface area contributed by atoms with Crippen LogP contribution in [0.2, 0.25) is 5.02 Å². The number of halogens is 1. The molecule has 2 aromatic rings. The number of para-hydroxylation sites is 1. The van der Waals surface area contributed by atoms with E-state index in [9.17, 15) is 18.0 Å². The van der Waals surface area contributed by atoms with E-state index in [2.05, 4.69) is 0 Å². The Kier molecular flexibility index (Phi) is 4.70. The smallest absolute Gasteiger partial charge is 0.259 e. The number of hydrogen-bond acceptors (Lipinski definition) is 4. The van der Waals surface area contributed by atoms with Gasteiger partial charge in [0.2, 0.25) is 15.9 Å². The maximum absolute atomic E-state index is 13.3. The van der Waals surface area contributed by atoms with Gasteiger partial charge in [-0.25, -0.2) is 12.7 Å². The summed E-state index contributed by atoms with van der Waals surface area (Å²) in [6, 6.07) is 12.0. The van der Waals surface area contributed by atoms with Crippen LogP contribution in [0.4, 0.5) is 11.4 Å². The van der Waals surface area contributed by atoms with Crippen molar-refractivity contribution in [2.24, 2.45) is 5.41 Å². The van der Waals surface area contributed by atoms with E-state index in [4.69, 9.17) is 11.6 Å². The van der Waals surface area contributed by atoms with Crippen molar-refractivity contribution in [2.45, 2.75) is 26.7 Å². The van der Waals surface area contributed by atoms with Crippen molar-refractivity contribution in [3.8, 4) is 0 Å². The molecule has 6 nitrogen and oxygen atoms in total. The first-order valence-electron chi connectivity index (χ1n) is 9.38. The van der Waals surface area contributed by atoms with Gasteiger partial charge in [-0.05, 0) is 56.5 Å². The standard InChI is InChI=1S/C21H21ClN2O4S/c1-21(2)13-29(27,28)24(20(21)26)15-9-10-17(22)16(12-15)19(25)23-11-5-7-14-6-3-4-8-18(14)23/h3-4,6,8-10,12H,5,7,11,13H2,1-2H3. The summed E-state index contributed by atoms with van der Waals surface area (Å²) in [7, 11) is -3.81. The minimum atomic E-state index is -3.81. The summed E-state index contributed by atoms with van der Waals surface area (Å²) in [4.78, 5) is 27.7. The third-order valence-electron chi connectivity index (χ3n) is 5.36. The molecule has 0 bridgehead atoms. The maximum Gasteiger partial charge on any atom is 0.259 e. The number of hydrogen-bond donors (Lipinski definition) is 0. The first kappa shape index (κ1) is 19.9. The molecule has 0 atom stereocenters. The number of anilines is 2. The van der Waals surface area contributed by atoms with Gasteiger partial charge in [-0.1, -0.05) is 29.8 Å². The molecule has 152 valence electrons. The van der Waals surface area contributed by atoms with Crippen molar-refractivity contribution in [1.29, 1.82) is 0 Å². The first-order chi connectivity index (χ1) is 13.6. The molecule has 0 spiro atoms. The van der Waals surface area contributed by atoms with Crippen LogP contribution in [0.25, 0.3) is 0 Å². The van der Waals surface area contributed by atoms with Gasteiger partial charge < -0.3 is 4.90 Å². The lowest BCUT2D eigenvalue weighted by Gasteiger charge is -2.30. The minimum absolute atomic E-state index is 0.138. The van der Waals surface area contributed by atoms with Crippen molar-refractivity contribution in [3.63, 3.8) is 0 Å². The molecule has 0 aliphatic carbocycles. The maximum atomic E-state index is 13.3. The van der Waals surface area contributed by atoms with Crippen LogP contribution in [0.5, 0.6) is 0 Å². The van der Waals surface area contributed by atoms with Crippen LogP contribution in [0.1, 0.15) is 36.2 Å². The van der Waals surface area contributed by atoms with Gasteiger partial charge in [-0.2, -0.15) is 0 Å². The molecule has 1 fully saturated rings. The Bertz CT molecular complexity index is 1130. The molecule has 0 saturated carbocycles. The summed E-state index contributed by atoms with van der Waals surface area (Å²) < 4.78 is 26.0. The normalized spacial score (nSPS) is 19.9. The molecule has 2 heterocycles. The molecule has 0 radical (unpaired) electrons. The number of rotatable bonds is 2. The first-order valence-corrected chi connectivity index (χ1v) is 11.4. The van der Waals surface area contributed by atoms with E-state index >= 15 is 0 Å². The van der Waals surface area contributed by atoms with Gasteiger partial charge in [0.05, 0.1) is 27.4 Å². The molecule has 2 amide bonds. The van der Waals surface area contributed by atoms with Crippen LogP contribution >= 0.6 is 11.6 Å². The Hall–Kier alpha value is -2.38. The molecule has 2 aliphatic rings. The Balaban J connectivity index is 1.76. The SMILES string of the molecule is CC1(C)CS(=O)(=O)N(c2ccc(Cl)c(C(=O)N3CCCc4ccccc43)c2)C1=O. The topological polar surface area (TPSA) is 74.8 Å². The zero-order valence-electron chi connectivity index (χ0n) is 16.2. The molecular formula is C21H21ClN2O4S. The number of amides is 2. The zero-order chi connectivity index (χ0) is 21.0. The molecule has 8 heteroatoms. The molecule has 2 aliphatic heterocycles. The molecule has 0 aromatic heterocycles. The number of nitrogens with zero attached hydrogens (tertiary/aromatic N) is 2. The van der Waals surface area contributed by atoms with E-state index in [0.717, 1.165) is 28.4 Å². The van der Waals surface area contributed by atoms with E-state index in [1.54, 1.807) is 18.7 Å². The Morgan fingerprint density at radius 2 is 1.86 bits per heavy atom. The lowest BCUT2D eigenvalue weighted by Crippen LogP contribution is -2.36. The molecule has 1 saturated heterocycles. The summed E-state index contributed by atoms with van der Waals surface area (Å²) in [6.45, 7) is 3.74. The largest absolute Gasteiger partial charge is 0.308 e. The highest BCUT2D eigenvalue weighted by Gasteiger charge is 2.50. The molecule has 0 unspecified atom stereocenters. The lowest BCUT2D eigenvalue weighted by atomic mass is 9.95. The second-order valence-electron chi connectivity index (χ2n) is 8.06. The zero-order valence-corrected chi connectivity index (χ0v) is 17.8. The average molecular weight is 433 g/mol. The third kappa shape index (κ3) is 3.32. The van der Waals surface area contributed by atoms with Crippen LogP contribution in [0.15, 0.2) is 42.5 Å². The Morgan fingerprint density at radius 3 is 2.55 bits per heavy atom. The van der Waals surface area contributed by atoms with E-state index in [0.29, 0.717) is 6.54 Å². The van der Waals surface area contributed by atoms with Crippen molar-refractivity contribution in [1.82, 2.24) is 0 Å². The van der Waals surface area contributed by atoms with Gasteiger partial charge in [0.1, 0.15) is 0 Å². The summed E-state index contributed by atoms with van der Waals surface area (Å²) in [6.07, 6.45) is 1.72. The summed E-state index contributed by atoms with van der Waals surface area (Å²) in [5.41, 5.74) is 1.20. The van der Waals surface area contributed by atoms with Gasteiger partial charge in [-0.3, -0.25) is 9.59 Å². The molecule has 0 N–H and O–H groups in total. The monoisotopic (exact) mass is 432 g/mol. The number of benzene rings is 2. The van der Waals surface area contributed by atoms with Gasteiger partial charge in [0.25, 0.3) is 5.91 Å². The van der Waals surface area contributed by atoms with Crippen molar-refractivity contribution in [3.05, 3.63) is 58.6 Å². The van der Waals surface area contributed by atoms with Gasteiger partial charge in [0.15, 0.2) is 0 Å². The van der Waals surface area contributed by atoms with Crippen LogP contribution in [0, 0.1) is 5.41 Å². The fourth-order valence-corrected chi connectivity index (χ4v) is 6.25. The van der Waals surface area contributed by atoms with E-state index in [-0.39, 0.29) is 27.9 Å². The predicted molar refractivity (Wildman–Crippen MR) is 113 cm³/mol. The fraction of sp³-hybridized carbons (Fsp3) is 0.333. The molecular weight excluding hydrogens is 412 g/mol. The summed E-state index contributed by atoms with van der Waals surface area (Å²) >= 11 is 6.31. The molecule has 29 heavy (non-hydrogen) atoms. The predicted octanol–water partition coefficient (Wildman–Crippen LogP) is 3.64. The average Bonchev–Trinajstić information content (AvgIpc) is 2.84. The highest BCUT2D eigenvalue weighted by molar-refractivity contribution is 7.94. The number of fused-ring (bicyclic) bond motifs is 1. The number of carbonyl (C=O) groups excluding carboxylic acids is 2. The van der Waals surface area contributed by atoms with E-state index < -0.39 is 21.3 Å². The number of sulfonamides is 1. The van der Waals surface area contributed by atoms with Crippen molar-refractivity contribution >= 4 is 44.8 Å². The van der Waals surface area contributed by atoms with Crippen molar-refractivity contribution < 1.29 is 18.0 Å². The summed E-state index contributed by atoms with van der Waals surface area (Å²) in [5.74, 6) is -1.10. The van der Waals surface area contributed by atoms with Gasteiger partial charge >= 0.3 is 0 Å². The van der Waals surface area contributed by atoms with Gasteiger partial charge in [0, 0.05) is 12.2 Å². The quantitative estimate of drug-likeness (QED) is 0.726. The molecule has 2 aromatic carbocycles. The Morgan fingerprint density at radius 1 is 1.14 bits per heavy atom. The lowest BCUT2D eigenvalue weighted by molar-refractivity contribution is -0.123. The van der Waals surface area contributed by atoms with Crippen molar-refractivity contribution in [2.75, 3.05) is 21.5 Å². The van der Waals surface area contributed by atoms with Crippen LogP contribution in [-0.2, 0) is 21.2 Å². The summed E-state index contributed by atoms with van der Waals surface area (Å²) in [5, 5.41) is 0.213. The second kappa shape index (κ2) is 6.85. The van der Waals surface area contributed by atoms with Gasteiger partial charge in [-0.15, -0.1) is 0 Å². The highest BCUT2D eigenvalue weighted by atomic mass is 35.5. The van der Waals surface area contributed by atoms with E-state index in [1.807, 2.05) is 24.3 Å². The second-order valence-corrected chi connectivity index (χ2v) is 10.3. The number of carbonyl (C=O) groups is 2. The Labute approximate surface area is 175 Å². The third-order valence-corrected chi connectivity index (χ3v) is 7.70. The molecule has 4 rings (SSSR count). The van der Waals surface area contributed by atoms with Crippen LogP contribution < -0.4 is 9.21 Å². The minimum Gasteiger partial charge on any atom is -0.308 e. The fourth-order valence-electron chi connectivity index (χ4n) is 3.95. The van der Waals surface area contributed by atoms with E-state index in [1.165, 1.54) is 18.2 Å². The van der Waals surface area contributed by atoms with Crippen LogP contribution in [-0.4, -0.2) is 32.5 Å². The van der Waals surface area contributed by atoms with Crippen LogP contribution in [0.3, 0.4) is 0 Å². The highest BCUT2D eigenvalue weighted by Crippen LogP contribution is 2.37. The number of aryl methyl sites for hydroxylation is 1.